The number of hydrogen-bond acceptors (Lipinski definition) is 2. The first-order valence-electron chi connectivity index (χ1n) is 7.86. The largest absolute Gasteiger partial charge is 0.292 e. The molecule has 0 amide bonds. The Hall–Kier alpha value is -0.710. The molecule has 1 fully saturated rings. The fraction of sp³-hybridized carbons (Fsp3) is 0.556. The summed E-state index contributed by atoms with van der Waals surface area (Å²) in [7, 11) is 2.25. The van der Waals surface area contributed by atoms with Crippen LogP contribution in [-0.2, 0) is 0 Å². The average Bonchev–Trinajstić information content (AvgIpc) is 2.93. The second-order valence-corrected chi connectivity index (χ2v) is 8.83. The summed E-state index contributed by atoms with van der Waals surface area (Å²) in [6.07, 6.45) is 2.71. The van der Waals surface area contributed by atoms with Crippen LogP contribution in [0, 0.1) is 20.3 Å². The third-order valence-corrected chi connectivity index (χ3v) is 7.26. The first kappa shape index (κ1) is 13.9. The molecule has 1 saturated carbocycles. The van der Waals surface area contributed by atoms with Gasteiger partial charge in [0.15, 0.2) is 0 Å². The molecule has 3 aliphatic rings. The highest BCUT2D eigenvalue weighted by Gasteiger charge is 2.63. The van der Waals surface area contributed by atoms with Gasteiger partial charge in [-0.1, -0.05) is 26.8 Å². The quantitative estimate of drug-likeness (QED) is 0.639. The highest BCUT2D eigenvalue weighted by molar-refractivity contribution is 14.1. The van der Waals surface area contributed by atoms with Crippen molar-refractivity contribution in [2.45, 2.75) is 33.6 Å². The summed E-state index contributed by atoms with van der Waals surface area (Å²) in [5.74, 6) is 0.771. The molecule has 1 aromatic carbocycles. The Balaban J connectivity index is 1.74. The van der Waals surface area contributed by atoms with Crippen LogP contribution in [0.1, 0.15) is 33.6 Å². The number of nitrogens with zero attached hydrogens (tertiary/aromatic N) is 2. The van der Waals surface area contributed by atoms with E-state index in [9.17, 15) is 0 Å². The van der Waals surface area contributed by atoms with Crippen molar-refractivity contribution >= 4 is 28.3 Å². The van der Waals surface area contributed by atoms with Crippen molar-refractivity contribution < 1.29 is 0 Å². The summed E-state index contributed by atoms with van der Waals surface area (Å²) < 4.78 is 1.31. The molecule has 0 spiro atoms. The summed E-state index contributed by atoms with van der Waals surface area (Å²) >= 11 is 2.40. The number of allylic oxidation sites excluding steroid dienone is 1. The first-order valence-corrected chi connectivity index (χ1v) is 8.94. The molecular formula is C18H23IN2. The van der Waals surface area contributed by atoms with E-state index in [2.05, 4.69) is 84.7 Å². The van der Waals surface area contributed by atoms with Crippen LogP contribution < -0.4 is 5.01 Å². The Morgan fingerprint density at radius 2 is 2.00 bits per heavy atom. The van der Waals surface area contributed by atoms with E-state index in [1.807, 2.05) is 0 Å². The minimum absolute atomic E-state index is 0.346. The van der Waals surface area contributed by atoms with E-state index in [-0.39, 0.29) is 0 Å². The van der Waals surface area contributed by atoms with Gasteiger partial charge in [-0.05, 0) is 70.5 Å². The van der Waals surface area contributed by atoms with E-state index >= 15 is 0 Å². The molecule has 21 heavy (non-hydrogen) atoms. The molecular weight excluding hydrogens is 371 g/mol. The van der Waals surface area contributed by atoms with Crippen LogP contribution in [0.4, 0.5) is 5.69 Å². The minimum atomic E-state index is 0.346. The molecule has 112 valence electrons. The van der Waals surface area contributed by atoms with Crippen LogP contribution in [0.25, 0.3) is 0 Å². The number of rotatable bonds is 1. The van der Waals surface area contributed by atoms with E-state index in [0.29, 0.717) is 10.8 Å². The Labute approximate surface area is 141 Å². The Bertz CT molecular complexity index is 648. The second-order valence-electron chi connectivity index (χ2n) is 7.58. The van der Waals surface area contributed by atoms with Gasteiger partial charge in [0.25, 0.3) is 0 Å². The molecule has 1 aromatic rings. The summed E-state index contributed by atoms with van der Waals surface area (Å²) in [5, 5.41) is 4.90. The Kier molecular flexibility index (Phi) is 2.77. The molecule has 0 saturated heterocycles. The molecule has 0 aromatic heterocycles. The maximum atomic E-state index is 2.49. The lowest BCUT2D eigenvalue weighted by atomic mass is 9.69. The number of fused-ring (bicyclic) bond motifs is 4. The van der Waals surface area contributed by atoms with Gasteiger partial charge in [0.1, 0.15) is 0 Å². The van der Waals surface area contributed by atoms with Gasteiger partial charge in [-0.25, -0.2) is 0 Å². The van der Waals surface area contributed by atoms with Crippen molar-refractivity contribution in [2.75, 3.05) is 18.6 Å². The van der Waals surface area contributed by atoms with Gasteiger partial charge in [-0.15, -0.1) is 0 Å². The van der Waals surface area contributed by atoms with E-state index < -0.39 is 0 Å². The zero-order valence-electron chi connectivity index (χ0n) is 13.3. The molecule has 2 aliphatic carbocycles. The molecule has 3 heteroatoms. The summed E-state index contributed by atoms with van der Waals surface area (Å²) in [6.45, 7) is 8.53. The number of hydrazine groups is 1. The number of halogens is 1. The Morgan fingerprint density at radius 1 is 1.24 bits per heavy atom. The van der Waals surface area contributed by atoms with Crippen LogP contribution >= 0.6 is 22.6 Å². The van der Waals surface area contributed by atoms with Gasteiger partial charge in [0.05, 0.1) is 12.2 Å². The zero-order valence-corrected chi connectivity index (χ0v) is 15.4. The van der Waals surface area contributed by atoms with Crippen molar-refractivity contribution in [3.63, 3.8) is 0 Å². The van der Waals surface area contributed by atoms with E-state index in [4.69, 9.17) is 0 Å². The minimum Gasteiger partial charge on any atom is -0.292 e. The van der Waals surface area contributed by atoms with Gasteiger partial charge < -0.3 is 0 Å². The lowest BCUT2D eigenvalue weighted by molar-refractivity contribution is 0.133. The standard InChI is InChI=1S/C18H23IN2/c1-17(2)15-8-9-18(17,3)16-14(15)11-21(20(16)4)13-7-5-6-12(19)10-13/h5-7,10,15H,8-9,11H2,1-4H3. The van der Waals surface area contributed by atoms with Crippen LogP contribution in [0.5, 0.6) is 0 Å². The van der Waals surface area contributed by atoms with Gasteiger partial charge in [-0.2, -0.15) is 0 Å². The summed E-state index contributed by atoms with van der Waals surface area (Å²) in [4.78, 5) is 0. The van der Waals surface area contributed by atoms with Crippen LogP contribution in [0.2, 0.25) is 0 Å². The number of anilines is 1. The topological polar surface area (TPSA) is 6.48 Å². The van der Waals surface area contributed by atoms with Gasteiger partial charge >= 0.3 is 0 Å². The predicted octanol–water partition coefficient (Wildman–Crippen LogP) is 4.67. The second kappa shape index (κ2) is 4.18. The molecule has 0 radical (unpaired) electrons. The summed E-state index contributed by atoms with van der Waals surface area (Å²) in [5.41, 5.74) is 5.40. The van der Waals surface area contributed by atoms with Gasteiger partial charge in [-0.3, -0.25) is 10.0 Å². The SMILES string of the molecule is CN1C2=C(CN1c1cccc(I)c1)C1CCC2(C)C1(C)C. The highest BCUT2D eigenvalue weighted by Crippen LogP contribution is 2.69. The van der Waals surface area contributed by atoms with Gasteiger partial charge in [0.2, 0.25) is 0 Å². The van der Waals surface area contributed by atoms with Crippen LogP contribution in [0.3, 0.4) is 0 Å². The van der Waals surface area contributed by atoms with Crippen molar-refractivity contribution in [3.05, 3.63) is 39.1 Å². The van der Waals surface area contributed by atoms with E-state index in [1.54, 1.807) is 11.3 Å². The molecule has 2 atom stereocenters. The van der Waals surface area contributed by atoms with Crippen molar-refractivity contribution in [1.29, 1.82) is 0 Å². The smallest absolute Gasteiger partial charge is 0.0629 e. The monoisotopic (exact) mass is 394 g/mol. The lowest BCUT2D eigenvalue weighted by Gasteiger charge is -2.43. The van der Waals surface area contributed by atoms with Gasteiger partial charge in [0, 0.05) is 21.7 Å². The third-order valence-electron chi connectivity index (χ3n) is 6.59. The first-order chi connectivity index (χ1) is 9.86. The molecule has 0 N–H and O–H groups in total. The van der Waals surface area contributed by atoms with E-state index in [1.165, 1.54) is 22.1 Å². The molecule has 1 aliphatic heterocycles. The molecule has 1 heterocycles. The van der Waals surface area contributed by atoms with E-state index in [0.717, 1.165) is 12.5 Å². The fourth-order valence-electron chi connectivity index (χ4n) is 5.09. The third kappa shape index (κ3) is 1.59. The molecule has 4 rings (SSSR count). The number of benzene rings is 1. The molecule has 2 bridgehead atoms. The molecule has 2 nitrogen and oxygen atoms in total. The fourth-order valence-corrected chi connectivity index (χ4v) is 5.62. The van der Waals surface area contributed by atoms with Crippen LogP contribution in [-0.4, -0.2) is 18.6 Å². The lowest BCUT2D eigenvalue weighted by Crippen LogP contribution is -2.43. The summed E-state index contributed by atoms with van der Waals surface area (Å²) in [6, 6.07) is 8.84. The Morgan fingerprint density at radius 3 is 2.67 bits per heavy atom. The zero-order chi connectivity index (χ0) is 15.0. The van der Waals surface area contributed by atoms with Crippen molar-refractivity contribution in [3.8, 4) is 0 Å². The predicted molar refractivity (Wildman–Crippen MR) is 95.9 cm³/mol. The highest BCUT2D eigenvalue weighted by atomic mass is 127. The van der Waals surface area contributed by atoms with Crippen molar-refractivity contribution in [1.82, 2.24) is 5.01 Å². The maximum Gasteiger partial charge on any atom is 0.0629 e. The van der Waals surface area contributed by atoms with Crippen molar-refractivity contribution in [2.24, 2.45) is 16.7 Å². The normalized spacial score (nSPS) is 33.1. The molecule has 2 unspecified atom stereocenters. The van der Waals surface area contributed by atoms with Crippen LogP contribution in [0.15, 0.2) is 35.5 Å². The average molecular weight is 394 g/mol. The number of hydrogen-bond donors (Lipinski definition) is 0. The maximum absolute atomic E-state index is 2.49.